The van der Waals surface area contributed by atoms with E-state index in [9.17, 15) is 9.90 Å². The van der Waals surface area contributed by atoms with Crippen molar-refractivity contribution in [2.75, 3.05) is 5.88 Å². The van der Waals surface area contributed by atoms with Crippen LogP contribution in [0.5, 0.6) is 5.75 Å². The Morgan fingerprint density at radius 1 is 1.15 bits per heavy atom. The summed E-state index contributed by atoms with van der Waals surface area (Å²) in [5, 5.41) is 12.4. The maximum atomic E-state index is 11.6. The predicted molar refractivity (Wildman–Crippen MR) is 79.9 cm³/mol. The molecule has 2 rings (SSSR count). The van der Waals surface area contributed by atoms with Gasteiger partial charge >= 0.3 is 0 Å². The third kappa shape index (κ3) is 4.00. The Labute approximate surface area is 123 Å². The number of nitrogens with one attached hydrogen (secondary N) is 1. The van der Waals surface area contributed by atoms with Crippen LogP contribution in [0, 0.1) is 0 Å². The van der Waals surface area contributed by atoms with E-state index in [1.54, 1.807) is 18.2 Å². The molecule has 4 heteroatoms. The van der Waals surface area contributed by atoms with Crippen LogP contribution < -0.4 is 5.32 Å². The molecular formula is C16H16ClNO2. The molecule has 20 heavy (non-hydrogen) atoms. The Hall–Kier alpha value is -2.00. The lowest BCUT2D eigenvalue weighted by molar-refractivity contribution is -0.119. The monoisotopic (exact) mass is 289 g/mol. The fourth-order valence-corrected chi connectivity index (χ4v) is 2.17. The van der Waals surface area contributed by atoms with Gasteiger partial charge in [0.05, 0.1) is 6.04 Å². The highest BCUT2D eigenvalue weighted by atomic mass is 35.5. The normalized spacial score (nSPS) is 11.8. The lowest BCUT2D eigenvalue weighted by atomic mass is 9.98. The summed E-state index contributed by atoms with van der Waals surface area (Å²) in [6.07, 6.45) is 0.598. The quantitative estimate of drug-likeness (QED) is 0.831. The summed E-state index contributed by atoms with van der Waals surface area (Å²) in [7, 11) is 0. The maximum Gasteiger partial charge on any atom is 0.235 e. The van der Waals surface area contributed by atoms with Gasteiger partial charge < -0.3 is 10.4 Å². The Kier molecular flexibility index (Phi) is 5.02. The summed E-state index contributed by atoms with van der Waals surface area (Å²) in [6, 6.07) is 16.6. The van der Waals surface area contributed by atoms with E-state index in [1.165, 1.54) is 0 Å². The van der Waals surface area contributed by atoms with Gasteiger partial charge in [-0.25, -0.2) is 0 Å². The lowest BCUT2D eigenvalue weighted by Gasteiger charge is -2.19. The number of hydrogen-bond acceptors (Lipinski definition) is 2. The van der Waals surface area contributed by atoms with Crippen LogP contribution >= 0.6 is 11.6 Å². The number of benzene rings is 2. The molecule has 1 unspecified atom stereocenters. The standard InChI is InChI=1S/C16H16ClNO2/c17-11-16(20)18-15(13-6-2-1-3-7-13)10-12-5-4-8-14(19)9-12/h1-9,15,19H,10-11H2,(H,18,20). The number of aromatic hydroxyl groups is 1. The van der Waals surface area contributed by atoms with Crippen LogP contribution in [0.2, 0.25) is 0 Å². The van der Waals surface area contributed by atoms with Crippen LogP contribution in [0.4, 0.5) is 0 Å². The number of rotatable bonds is 5. The zero-order valence-corrected chi connectivity index (χ0v) is 11.7. The van der Waals surface area contributed by atoms with Gasteiger partial charge in [-0.15, -0.1) is 11.6 Å². The number of phenols is 1. The Balaban J connectivity index is 2.20. The van der Waals surface area contributed by atoms with Crippen LogP contribution in [-0.2, 0) is 11.2 Å². The highest BCUT2D eigenvalue weighted by molar-refractivity contribution is 6.27. The molecule has 3 nitrogen and oxygen atoms in total. The van der Waals surface area contributed by atoms with E-state index in [4.69, 9.17) is 11.6 Å². The van der Waals surface area contributed by atoms with E-state index in [-0.39, 0.29) is 23.6 Å². The van der Waals surface area contributed by atoms with Crippen molar-refractivity contribution in [3.63, 3.8) is 0 Å². The Morgan fingerprint density at radius 3 is 2.55 bits per heavy atom. The summed E-state index contributed by atoms with van der Waals surface area (Å²) < 4.78 is 0. The zero-order valence-electron chi connectivity index (χ0n) is 10.9. The molecular weight excluding hydrogens is 274 g/mol. The molecule has 0 aliphatic carbocycles. The second-order valence-corrected chi connectivity index (χ2v) is 4.81. The minimum Gasteiger partial charge on any atom is -0.508 e. The summed E-state index contributed by atoms with van der Waals surface area (Å²) in [5.41, 5.74) is 1.96. The van der Waals surface area contributed by atoms with E-state index in [2.05, 4.69) is 5.32 Å². The smallest absolute Gasteiger partial charge is 0.235 e. The number of phenolic OH excluding ortho intramolecular Hbond substituents is 1. The van der Waals surface area contributed by atoms with E-state index >= 15 is 0 Å². The minimum absolute atomic E-state index is 0.0661. The molecule has 0 saturated heterocycles. The van der Waals surface area contributed by atoms with Crippen LogP contribution in [0.25, 0.3) is 0 Å². The Bertz CT molecular complexity index is 572. The molecule has 0 aliphatic rings. The third-order valence-corrected chi connectivity index (χ3v) is 3.25. The fourth-order valence-electron chi connectivity index (χ4n) is 2.09. The summed E-state index contributed by atoms with van der Waals surface area (Å²) in [6.45, 7) is 0. The molecule has 0 radical (unpaired) electrons. The first-order valence-electron chi connectivity index (χ1n) is 6.37. The number of carbonyl (C=O) groups is 1. The molecule has 0 fully saturated rings. The van der Waals surface area contributed by atoms with Crippen molar-refractivity contribution in [3.8, 4) is 5.75 Å². The van der Waals surface area contributed by atoms with Gasteiger partial charge in [-0.05, 0) is 29.7 Å². The Morgan fingerprint density at radius 2 is 1.90 bits per heavy atom. The van der Waals surface area contributed by atoms with E-state index < -0.39 is 0 Å². The van der Waals surface area contributed by atoms with Gasteiger partial charge in [-0.1, -0.05) is 42.5 Å². The van der Waals surface area contributed by atoms with E-state index in [0.29, 0.717) is 6.42 Å². The number of hydrogen-bond donors (Lipinski definition) is 2. The van der Waals surface area contributed by atoms with Crippen molar-refractivity contribution < 1.29 is 9.90 Å². The molecule has 2 aromatic carbocycles. The van der Waals surface area contributed by atoms with Gasteiger partial charge in [-0.2, -0.15) is 0 Å². The summed E-state index contributed by atoms with van der Waals surface area (Å²) >= 11 is 5.56. The molecule has 1 atom stereocenters. The number of carbonyl (C=O) groups excluding carboxylic acids is 1. The van der Waals surface area contributed by atoms with Crippen LogP contribution in [0.3, 0.4) is 0 Å². The maximum absolute atomic E-state index is 11.6. The molecule has 0 heterocycles. The summed E-state index contributed by atoms with van der Waals surface area (Å²) in [4.78, 5) is 11.6. The molecule has 104 valence electrons. The van der Waals surface area contributed by atoms with Crippen molar-refractivity contribution in [1.82, 2.24) is 5.32 Å². The van der Waals surface area contributed by atoms with Crippen molar-refractivity contribution in [2.24, 2.45) is 0 Å². The van der Waals surface area contributed by atoms with Crippen LogP contribution in [0.15, 0.2) is 54.6 Å². The first-order chi connectivity index (χ1) is 9.69. The van der Waals surface area contributed by atoms with Gasteiger partial charge in [0.25, 0.3) is 0 Å². The number of halogens is 1. The van der Waals surface area contributed by atoms with E-state index in [0.717, 1.165) is 11.1 Å². The first kappa shape index (κ1) is 14.4. The third-order valence-electron chi connectivity index (χ3n) is 3.01. The molecule has 1 amide bonds. The average molecular weight is 290 g/mol. The minimum atomic E-state index is -0.208. The van der Waals surface area contributed by atoms with Gasteiger partial charge in [-0.3, -0.25) is 4.79 Å². The van der Waals surface area contributed by atoms with Gasteiger partial charge in [0.15, 0.2) is 0 Å². The first-order valence-corrected chi connectivity index (χ1v) is 6.90. The van der Waals surface area contributed by atoms with Crippen molar-refractivity contribution in [2.45, 2.75) is 12.5 Å². The predicted octanol–water partition coefficient (Wildman–Crippen LogP) is 3.03. The zero-order chi connectivity index (χ0) is 14.4. The molecule has 0 aromatic heterocycles. The van der Waals surface area contributed by atoms with Crippen LogP contribution in [0.1, 0.15) is 17.2 Å². The van der Waals surface area contributed by atoms with Crippen molar-refractivity contribution >= 4 is 17.5 Å². The molecule has 0 bridgehead atoms. The largest absolute Gasteiger partial charge is 0.508 e. The van der Waals surface area contributed by atoms with Gasteiger partial charge in [0.2, 0.25) is 5.91 Å². The number of alkyl halides is 1. The highest BCUT2D eigenvalue weighted by Crippen LogP contribution is 2.20. The molecule has 2 aromatic rings. The fraction of sp³-hybridized carbons (Fsp3) is 0.188. The molecule has 0 aliphatic heterocycles. The molecule has 0 spiro atoms. The van der Waals surface area contributed by atoms with Gasteiger partial charge in [0.1, 0.15) is 11.6 Å². The average Bonchev–Trinajstić information content (AvgIpc) is 2.47. The number of amides is 1. The van der Waals surface area contributed by atoms with Crippen molar-refractivity contribution in [3.05, 3.63) is 65.7 Å². The SMILES string of the molecule is O=C(CCl)NC(Cc1cccc(O)c1)c1ccccc1. The topological polar surface area (TPSA) is 49.3 Å². The lowest BCUT2D eigenvalue weighted by Crippen LogP contribution is -2.30. The van der Waals surface area contributed by atoms with Crippen molar-refractivity contribution in [1.29, 1.82) is 0 Å². The van der Waals surface area contributed by atoms with E-state index in [1.807, 2.05) is 36.4 Å². The second-order valence-electron chi connectivity index (χ2n) is 4.54. The molecule has 0 saturated carbocycles. The van der Waals surface area contributed by atoms with Crippen LogP contribution in [-0.4, -0.2) is 16.9 Å². The molecule has 2 N–H and O–H groups in total. The highest BCUT2D eigenvalue weighted by Gasteiger charge is 2.14. The second kappa shape index (κ2) is 6.96. The summed E-state index contributed by atoms with van der Waals surface area (Å²) in [5.74, 6) is -0.0535. The van der Waals surface area contributed by atoms with Gasteiger partial charge in [0, 0.05) is 0 Å².